The van der Waals surface area contributed by atoms with E-state index in [9.17, 15) is 10.1 Å². The number of anilines is 1. The van der Waals surface area contributed by atoms with Gasteiger partial charge in [0.25, 0.3) is 5.91 Å². The number of rotatable bonds is 3. The summed E-state index contributed by atoms with van der Waals surface area (Å²) in [4.78, 5) is 12.6. The fourth-order valence-corrected chi connectivity index (χ4v) is 3.17. The second-order valence-corrected chi connectivity index (χ2v) is 6.50. The highest BCUT2D eigenvalue weighted by Gasteiger charge is 2.13. The van der Waals surface area contributed by atoms with Gasteiger partial charge in [-0.2, -0.15) is 5.26 Å². The minimum absolute atomic E-state index is 0.0830. The van der Waals surface area contributed by atoms with E-state index in [4.69, 9.17) is 0 Å². The summed E-state index contributed by atoms with van der Waals surface area (Å²) in [6.45, 7) is 5.93. The molecule has 3 heteroatoms. The third-order valence-corrected chi connectivity index (χ3v) is 4.37. The van der Waals surface area contributed by atoms with Gasteiger partial charge >= 0.3 is 0 Å². The van der Waals surface area contributed by atoms with Crippen molar-refractivity contribution in [3.05, 3.63) is 82.4 Å². The number of fused-ring (bicyclic) bond motifs is 1. The number of nitriles is 1. The molecule has 0 bridgehead atoms. The van der Waals surface area contributed by atoms with E-state index >= 15 is 0 Å². The summed E-state index contributed by atoms with van der Waals surface area (Å²) in [7, 11) is 0. The summed E-state index contributed by atoms with van der Waals surface area (Å²) in [5.41, 5.74) is 4.79. The highest BCUT2D eigenvalue weighted by atomic mass is 16.1. The second-order valence-electron chi connectivity index (χ2n) is 6.50. The maximum Gasteiger partial charge on any atom is 0.266 e. The Hall–Kier alpha value is -3.38. The molecule has 0 aromatic heterocycles. The summed E-state index contributed by atoms with van der Waals surface area (Å²) in [6, 6.07) is 19.9. The molecule has 0 saturated heterocycles. The molecule has 1 N–H and O–H groups in total. The van der Waals surface area contributed by atoms with Crippen molar-refractivity contribution >= 4 is 28.4 Å². The van der Waals surface area contributed by atoms with Gasteiger partial charge in [-0.1, -0.05) is 54.1 Å². The molecule has 3 aromatic carbocycles. The van der Waals surface area contributed by atoms with Crippen LogP contribution in [0.25, 0.3) is 16.8 Å². The van der Waals surface area contributed by atoms with Crippen molar-refractivity contribution in [3.8, 4) is 6.07 Å². The molecule has 0 aliphatic carbocycles. The van der Waals surface area contributed by atoms with E-state index in [2.05, 4.69) is 5.32 Å². The summed E-state index contributed by atoms with van der Waals surface area (Å²) in [5, 5.41) is 14.5. The van der Waals surface area contributed by atoms with Gasteiger partial charge in [-0.05, 0) is 60.4 Å². The van der Waals surface area contributed by atoms with Crippen molar-refractivity contribution in [1.82, 2.24) is 0 Å². The zero-order chi connectivity index (χ0) is 18.7. The average Bonchev–Trinajstić information content (AvgIpc) is 2.62. The van der Waals surface area contributed by atoms with Gasteiger partial charge < -0.3 is 5.32 Å². The largest absolute Gasteiger partial charge is 0.321 e. The smallest absolute Gasteiger partial charge is 0.266 e. The maximum atomic E-state index is 12.6. The predicted molar refractivity (Wildman–Crippen MR) is 107 cm³/mol. The van der Waals surface area contributed by atoms with Crippen LogP contribution in [-0.4, -0.2) is 5.91 Å². The molecule has 128 valence electrons. The lowest BCUT2D eigenvalue weighted by Crippen LogP contribution is -2.15. The van der Waals surface area contributed by atoms with E-state index < -0.39 is 5.91 Å². The second kappa shape index (κ2) is 7.25. The number of benzene rings is 3. The molecule has 0 radical (unpaired) electrons. The molecular weight excluding hydrogens is 320 g/mol. The van der Waals surface area contributed by atoms with Gasteiger partial charge in [0.15, 0.2) is 0 Å². The normalized spacial score (nSPS) is 11.2. The fourth-order valence-electron chi connectivity index (χ4n) is 3.17. The van der Waals surface area contributed by atoms with Crippen molar-refractivity contribution in [2.75, 3.05) is 5.32 Å². The molecule has 0 heterocycles. The van der Waals surface area contributed by atoms with Crippen LogP contribution in [0.1, 0.15) is 22.3 Å². The molecule has 1 amide bonds. The highest BCUT2D eigenvalue weighted by Crippen LogP contribution is 2.23. The monoisotopic (exact) mass is 340 g/mol. The van der Waals surface area contributed by atoms with E-state index in [1.54, 1.807) is 6.08 Å². The number of nitrogens with one attached hydrogen (secondary N) is 1. The number of hydrogen-bond donors (Lipinski definition) is 1. The molecule has 0 fully saturated rings. The van der Waals surface area contributed by atoms with E-state index in [0.717, 1.165) is 38.7 Å². The molecule has 0 aliphatic heterocycles. The lowest BCUT2D eigenvalue weighted by Gasteiger charge is -2.12. The summed E-state index contributed by atoms with van der Waals surface area (Å²) < 4.78 is 0. The Morgan fingerprint density at radius 3 is 2.27 bits per heavy atom. The van der Waals surface area contributed by atoms with Crippen LogP contribution in [0, 0.1) is 32.1 Å². The van der Waals surface area contributed by atoms with Gasteiger partial charge in [-0.25, -0.2) is 0 Å². The van der Waals surface area contributed by atoms with Crippen molar-refractivity contribution in [2.24, 2.45) is 0 Å². The van der Waals surface area contributed by atoms with Crippen LogP contribution in [0.3, 0.4) is 0 Å². The van der Waals surface area contributed by atoms with Crippen LogP contribution >= 0.6 is 0 Å². The summed E-state index contributed by atoms with van der Waals surface area (Å²) in [5.74, 6) is -0.393. The summed E-state index contributed by atoms with van der Waals surface area (Å²) >= 11 is 0. The van der Waals surface area contributed by atoms with Crippen molar-refractivity contribution in [2.45, 2.75) is 20.8 Å². The van der Waals surface area contributed by atoms with Crippen LogP contribution in [0.2, 0.25) is 0 Å². The number of carbonyl (C=O) groups is 1. The number of aryl methyl sites for hydroxylation is 3. The molecule has 3 nitrogen and oxygen atoms in total. The molecular formula is C23H20N2O. The molecule has 0 spiro atoms. The van der Waals surface area contributed by atoms with Crippen LogP contribution in [0.5, 0.6) is 0 Å². The SMILES string of the molecule is Cc1cc(C)c(NC(=O)/C(C#N)=C/c2ccc3ccccc3c2)c(C)c1. The first-order chi connectivity index (χ1) is 12.5. The third-order valence-electron chi connectivity index (χ3n) is 4.37. The quantitative estimate of drug-likeness (QED) is 0.519. The Morgan fingerprint density at radius 2 is 1.62 bits per heavy atom. The number of carbonyl (C=O) groups excluding carboxylic acids is 1. The van der Waals surface area contributed by atoms with Crippen LogP contribution < -0.4 is 5.32 Å². The zero-order valence-corrected chi connectivity index (χ0v) is 15.1. The molecule has 0 saturated carbocycles. The molecule has 26 heavy (non-hydrogen) atoms. The van der Waals surface area contributed by atoms with Gasteiger partial charge in [0.1, 0.15) is 11.6 Å². The van der Waals surface area contributed by atoms with E-state index in [0.29, 0.717) is 0 Å². The zero-order valence-electron chi connectivity index (χ0n) is 15.1. The lowest BCUT2D eigenvalue weighted by molar-refractivity contribution is -0.112. The first-order valence-electron chi connectivity index (χ1n) is 8.48. The minimum atomic E-state index is -0.393. The van der Waals surface area contributed by atoms with Crippen LogP contribution in [-0.2, 0) is 4.79 Å². The lowest BCUT2D eigenvalue weighted by atomic mass is 10.0. The molecule has 3 aromatic rings. The summed E-state index contributed by atoms with van der Waals surface area (Å²) in [6.07, 6.45) is 1.63. The van der Waals surface area contributed by atoms with E-state index in [-0.39, 0.29) is 5.57 Å². The number of amides is 1. The highest BCUT2D eigenvalue weighted by molar-refractivity contribution is 6.10. The number of hydrogen-bond acceptors (Lipinski definition) is 2. The molecule has 0 unspecified atom stereocenters. The van der Waals surface area contributed by atoms with Gasteiger partial charge in [0.2, 0.25) is 0 Å². The van der Waals surface area contributed by atoms with Gasteiger partial charge in [-0.15, -0.1) is 0 Å². The van der Waals surface area contributed by atoms with Crippen molar-refractivity contribution in [3.63, 3.8) is 0 Å². The Kier molecular flexibility index (Phi) is 4.86. The topological polar surface area (TPSA) is 52.9 Å². The van der Waals surface area contributed by atoms with Crippen molar-refractivity contribution < 1.29 is 4.79 Å². The number of nitrogens with zero attached hydrogens (tertiary/aromatic N) is 1. The Bertz CT molecular complexity index is 1050. The third kappa shape index (κ3) is 3.65. The average molecular weight is 340 g/mol. The molecule has 0 atom stereocenters. The maximum absolute atomic E-state index is 12.6. The van der Waals surface area contributed by atoms with Gasteiger partial charge in [-0.3, -0.25) is 4.79 Å². The standard InChI is InChI=1S/C23H20N2O/c1-15-10-16(2)22(17(3)11-15)25-23(26)21(14-24)13-18-8-9-19-6-4-5-7-20(19)12-18/h4-13H,1-3H3,(H,25,26)/b21-13+. The first kappa shape index (κ1) is 17.4. The van der Waals surface area contributed by atoms with Gasteiger partial charge in [0, 0.05) is 5.69 Å². The first-order valence-corrected chi connectivity index (χ1v) is 8.48. The van der Waals surface area contributed by atoms with Crippen LogP contribution in [0.4, 0.5) is 5.69 Å². The Morgan fingerprint density at radius 1 is 0.962 bits per heavy atom. The van der Waals surface area contributed by atoms with Gasteiger partial charge in [0.05, 0.1) is 0 Å². The fraction of sp³-hybridized carbons (Fsp3) is 0.130. The van der Waals surface area contributed by atoms with Crippen LogP contribution in [0.15, 0.2) is 60.2 Å². The van der Waals surface area contributed by atoms with E-state index in [1.165, 1.54) is 0 Å². The molecule has 3 rings (SSSR count). The minimum Gasteiger partial charge on any atom is -0.321 e. The Labute approximate surface area is 153 Å². The predicted octanol–water partition coefficient (Wildman–Crippen LogP) is 5.31. The molecule has 0 aliphatic rings. The Balaban J connectivity index is 1.91. The van der Waals surface area contributed by atoms with E-state index in [1.807, 2.05) is 81.4 Å². The van der Waals surface area contributed by atoms with Crippen molar-refractivity contribution in [1.29, 1.82) is 5.26 Å².